The van der Waals surface area contributed by atoms with E-state index in [-0.39, 0.29) is 5.56 Å². The summed E-state index contributed by atoms with van der Waals surface area (Å²) in [5.74, 6) is -0.506. The first-order valence-electron chi connectivity index (χ1n) is 7.41. The highest BCUT2D eigenvalue weighted by molar-refractivity contribution is 6.30. The van der Waals surface area contributed by atoms with Gasteiger partial charge in [0.15, 0.2) is 0 Å². The monoisotopic (exact) mass is 355 g/mol. The zero-order chi connectivity index (χ0) is 18.0. The van der Waals surface area contributed by atoms with Crippen LogP contribution in [0.1, 0.15) is 11.1 Å². The Morgan fingerprint density at radius 3 is 2.64 bits per heavy atom. The number of para-hydroxylation sites is 1. The molecule has 0 fully saturated rings. The van der Waals surface area contributed by atoms with Gasteiger partial charge in [-0.05, 0) is 36.8 Å². The lowest BCUT2D eigenvalue weighted by Gasteiger charge is -2.09. The molecule has 25 heavy (non-hydrogen) atoms. The molecule has 2 aromatic carbocycles. The molecule has 0 bridgehead atoms. The minimum Gasteiger partial charge on any atom is -0.493 e. The second-order valence-electron chi connectivity index (χ2n) is 5.36. The molecule has 1 aromatic heterocycles. The SMILES string of the molecule is Cc1ccccc1N=Cc1c(O)n(-c2cccc(Cl)c2)c(=O)[nH]c1=O. The molecule has 2 N–H and O–H groups in total. The zero-order valence-corrected chi connectivity index (χ0v) is 14.0. The summed E-state index contributed by atoms with van der Waals surface area (Å²) < 4.78 is 0.965. The number of nitrogens with zero attached hydrogens (tertiary/aromatic N) is 2. The van der Waals surface area contributed by atoms with Crippen LogP contribution >= 0.6 is 11.6 Å². The lowest BCUT2D eigenvalue weighted by atomic mass is 10.2. The molecule has 0 amide bonds. The van der Waals surface area contributed by atoms with E-state index < -0.39 is 17.1 Å². The Morgan fingerprint density at radius 2 is 1.92 bits per heavy atom. The van der Waals surface area contributed by atoms with Crippen molar-refractivity contribution in [3.05, 3.63) is 85.5 Å². The van der Waals surface area contributed by atoms with Crippen LogP contribution in [0.2, 0.25) is 5.02 Å². The van der Waals surface area contributed by atoms with Crippen LogP contribution in [0.3, 0.4) is 0 Å². The molecule has 0 atom stereocenters. The average molecular weight is 356 g/mol. The van der Waals surface area contributed by atoms with E-state index in [1.54, 1.807) is 24.3 Å². The average Bonchev–Trinajstić information content (AvgIpc) is 2.56. The van der Waals surface area contributed by atoms with Crippen molar-refractivity contribution in [2.45, 2.75) is 6.92 Å². The molecule has 126 valence electrons. The third kappa shape index (κ3) is 3.39. The number of H-pyrrole nitrogens is 1. The van der Waals surface area contributed by atoms with Crippen LogP contribution in [-0.4, -0.2) is 20.9 Å². The van der Waals surface area contributed by atoms with Gasteiger partial charge in [-0.1, -0.05) is 35.9 Å². The quantitative estimate of drug-likeness (QED) is 0.708. The largest absolute Gasteiger partial charge is 0.493 e. The van der Waals surface area contributed by atoms with Crippen molar-refractivity contribution >= 4 is 23.5 Å². The number of aliphatic imine (C=N–C) groups is 1. The normalized spacial score (nSPS) is 11.1. The number of hydrogen-bond acceptors (Lipinski definition) is 4. The topological polar surface area (TPSA) is 87.4 Å². The Bertz CT molecular complexity index is 1080. The zero-order valence-electron chi connectivity index (χ0n) is 13.2. The molecule has 0 aliphatic rings. The van der Waals surface area contributed by atoms with Gasteiger partial charge in [0.1, 0.15) is 5.56 Å². The summed E-state index contributed by atoms with van der Waals surface area (Å²) in [6, 6.07) is 13.7. The molecule has 7 heteroatoms. The summed E-state index contributed by atoms with van der Waals surface area (Å²) in [6.45, 7) is 1.88. The van der Waals surface area contributed by atoms with E-state index in [1.165, 1.54) is 12.3 Å². The van der Waals surface area contributed by atoms with Gasteiger partial charge in [0.2, 0.25) is 5.88 Å². The predicted octanol–water partition coefficient (Wildman–Crippen LogP) is 2.94. The maximum Gasteiger partial charge on any atom is 0.335 e. The van der Waals surface area contributed by atoms with Gasteiger partial charge >= 0.3 is 5.69 Å². The van der Waals surface area contributed by atoms with Gasteiger partial charge in [-0.25, -0.2) is 9.36 Å². The standard InChI is InChI=1S/C18H14ClN3O3/c1-11-5-2-3-8-15(11)20-10-14-16(23)21-18(25)22(17(14)24)13-7-4-6-12(19)9-13/h2-10,24H,1H3,(H,21,23,25). The van der Waals surface area contributed by atoms with Crippen molar-refractivity contribution in [1.82, 2.24) is 9.55 Å². The summed E-state index contributed by atoms with van der Waals surface area (Å²) in [7, 11) is 0. The van der Waals surface area contributed by atoms with E-state index in [0.29, 0.717) is 16.4 Å². The molecule has 0 aliphatic carbocycles. The Labute approximate surface area is 147 Å². The van der Waals surface area contributed by atoms with E-state index in [2.05, 4.69) is 9.98 Å². The molecule has 6 nitrogen and oxygen atoms in total. The highest BCUT2D eigenvalue weighted by Gasteiger charge is 2.14. The Balaban J connectivity index is 2.16. The van der Waals surface area contributed by atoms with Gasteiger partial charge in [-0.3, -0.25) is 14.8 Å². The van der Waals surface area contributed by atoms with E-state index in [1.807, 2.05) is 25.1 Å². The van der Waals surface area contributed by atoms with E-state index >= 15 is 0 Å². The van der Waals surface area contributed by atoms with Crippen molar-refractivity contribution in [3.8, 4) is 11.6 Å². The number of rotatable bonds is 3. The fraction of sp³-hybridized carbons (Fsp3) is 0.0556. The second-order valence-corrected chi connectivity index (χ2v) is 5.79. The third-order valence-electron chi connectivity index (χ3n) is 3.64. The smallest absolute Gasteiger partial charge is 0.335 e. The van der Waals surface area contributed by atoms with Crippen LogP contribution in [0.4, 0.5) is 5.69 Å². The molecule has 0 saturated carbocycles. The van der Waals surface area contributed by atoms with Crippen molar-refractivity contribution < 1.29 is 5.11 Å². The van der Waals surface area contributed by atoms with E-state index in [4.69, 9.17) is 11.6 Å². The minimum atomic E-state index is -0.766. The summed E-state index contributed by atoms with van der Waals surface area (Å²) in [6.07, 6.45) is 1.23. The lowest BCUT2D eigenvalue weighted by Crippen LogP contribution is -2.31. The number of halogens is 1. The van der Waals surface area contributed by atoms with Crippen LogP contribution in [0.15, 0.2) is 63.1 Å². The number of hydrogen-bond donors (Lipinski definition) is 2. The van der Waals surface area contributed by atoms with E-state index in [9.17, 15) is 14.7 Å². The minimum absolute atomic E-state index is 0.122. The van der Waals surface area contributed by atoms with Crippen LogP contribution in [0.25, 0.3) is 5.69 Å². The fourth-order valence-corrected chi connectivity index (χ4v) is 2.54. The van der Waals surface area contributed by atoms with Crippen LogP contribution in [0.5, 0.6) is 5.88 Å². The van der Waals surface area contributed by atoms with Gasteiger partial charge in [0.05, 0.1) is 11.4 Å². The molecule has 0 unspecified atom stereocenters. The Morgan fingerprint density at radius 1 is 1.16 bits per heavy atom. The summed E-state index contributed by atoms with van der Waals surface area (Å²) in [4.78, 5) is 30.6. The molecule has 0 saturated heterocycles. The number of benzene rings is 2. The number of aromatic hydroxyl groups is 1. The number of aryl methyl sites for hydroxylation is 1. The fourth-order valence-electron chi connectivity index (χ4n) is 2.35. The molecule has 0 radical (unpaired) electrons. The molecular weight excluding hydrogens is 342 g/mol. The van der Waals surface area contributed by atoms with Gasteiger partial charge < -0.3 is 5.11 Å². The molecular formula is C18H14ClN3O3. The number of nitrogens with one attached hydrogen (secondary N) is 1. The Kier molecular flexibility index (Phi) is 4.54. The molecule has 3 rings (SSSR count). The molecule has 0 aliphatic heterocycles. The van der Waals surface area contributed by atoms with Gasteiger partial charge in [0, 0.05) is 11.2 Å². The van der Waals surface area contributed by atoms with E-state index in [0.717, 1.165) is 10.1 Å². The van der Waals surface area contributed by atoms with Crippen molar-refractivity contribution in [2.75, 3.05) is 0 Å². The Hall–Kier alpha value is -3.12. The van der Waals surface area contributed by atoms with Crippen molar-refractivity contribution in [2.24, 2.45) is 4.99 Å². The molecule has 0 spiro atoms. The van der Waals surface area contributed by atoms with Crippen molar-refractivity contribution in [3.63, 3.8) is 0 Å². The maximum absolute atomic E-state index is 12.1. The first-order valence-corrected chi connectivity index (χ1v) is 7.79. The third-order valence-corrected chi connectivity index (χ3v) is 3.87. The highest BCUT2D eigenvalue weighted by Crippen LogP contribution is 2.20. The summed E-state index contributed by atoms with van der Waals surface area (Å²) in [5, 5.41) is 10.8. The summed E-state index contributed by atoms with van der Waals surface area (Å²) in [5.41, 5.74) is 0.287. The molecule has 1 heterocycles. The number of aromatic amines is 1. The van der Waals surface area contributed by atoms with Crippen LogP contribution in [0, 0.1) is 6.92 Å². The van der Waals surface area contributed by atoms with Crippen molar-refractivity contribution in [1.29, 1.82) is 0 Å². The summed E-state index contributed by atoms with van der Waals surface area (Å²) >= 11 is 5.93. The van der Waals surface area contributed by atoms with Crippen LogP contribution < -0.4 is 11.2 Å². The van der Waals surface area contributed by atoms with Gasteiger partial charge in [-0.15, -0.1) is 0 Å². The van der Waals surface area contributed by atoms with Gasteiger partial charge in [0.25, 0.3) is 5.56 Å². The number of aromatic nitrogens is 2. The lowest BCUT2D eigenvalue weighted by molar-refractivity contribution is 0.430. The highest BCUT2D eigenvalue weighted by atomic mass is 35.5. The first-order chi connectivity index (χ1) is 12.0. The van der Waals surface area contributed by atoms with Crippen LogP contribution in [-0.2, 0) is 0 Å². The van der Waals surface area contributed by atoms with Gasteiger partial charge in [-0.2, -0.15) is 0 Å². The maximum atomic E-state index is 12.1. The first kappa shape index (κ1) is 16.7. The molecule has 3 aromatic rings. The second kappa shape index (κ2) is 6.78. The predicted molar refractivity (Wildman–Crippen MR) is 97.8 cm³/mol.